The number of hydrogen-bond acceptors (Lipinski definition) is 5. The number of alkyl carbamates (subject to hydrolysis) is 1. The van der Waals surface area contributed by atoms with Crippen molar-refractivity contribution in [1.82, 2.24) is 9.62 Å². The Morgan fingerprint density at radius 1 is 1.27 bits per heavy atom. The van der Waals surface area contributed by atoms with Gasteiger partial charge in [-0.1, -0.05) is 13.8 Å². The van der Waals surface area contributed by atoms with Crippen LogP contribution in [0.2, 0.25) is 0 Å². The molecule has 0 radical (unpaired) electrons. The fourth-order valence-corrected chi connectivity index (χ4v) is 2.60. The summed E-state index contributed by atoms with van der Waals surface area (Å²) in [5, 5.41) is 2.43. The molecule has 1 rings (SSSR count). The van der Waals surface area contributed by atoms with Crippen molar-refractivity contribution in [2.45, 2.75) is 18.7 Å². The SMILES string of the molecule is CC(C)COC(=O)NCC(=CF)COc1ccc(S(=O)(=O)N(C)C)cc1. The molecule has 0 heterocycles. The molecule has 0 unspecified atom stereocenters. The summed E-state index contributed by atoms with van der Waals surface area (Å²) in [4.78, 5) is 11.6. The average molecular weight is 388 g/mol. The van der Waals surface area contributed by atoms with Crippen molar-refractivity contribution in [3.63, 3.8) is 0 Å². The molecule has 0 saturated heterocycles. The lowest BCUT2D eigenvalue weighted by Gasteiger charge is -2.13. The van der Waals surface area contributed by atoms with E-state index in [0.717, 1.165) is 4.31 Å². The number of amides is 1. The second-order valence-electron chi connectivity index (χ2n) is 6.16. The molecule has 0 aliphatic rings. The Kier molecular flexibility index (Phi) is 8.53. The van der Waals surface area contributed by atoms with E-state index in [2.05, 4.69) is 5.32 Å². The first-order chi connectivity index (χ1) is 12.2. The Morgan fingerprint density at radius 2 is 1.88 bits per heavy atom. The molecule has 146 valence electrons. The lowest BCUT2D eigenvalue weighted by molar-refractivity contribution is 0.133. The average Bonchev–Trinajstić information content (AvgIpc) is 2.60. The quantitative estimate of drug-likeness (QED) is 0.703. The molecule has 26 heavy (non-hydrogen) atoms. The Balaban J connectivity index is 2.53. The summed E-state index contributed by atoms with van der Waals surface area (Å²) < 4.78 is 48.3. The van der Waals surface area contributed by atoms with Crippen LogP contribution in [0.1, 0.15) is 13.8 Å². The summed E-state index contributed by atoms with van der Waals surface area (Å²) in [5.41, 5.74) is 0.205. The Hall–Kier alpha value is -2.13. The molecule has 1 amide bonds. The van der Waals surface area contributed by atoms with E-state index in [1.807, 2.05) is 13.8 Å². The van der Waals surface area contributed by atoms with Crippen LogP contribution < -0.4 is 10.1 Å². The highest BCUT2D eigenvalue weighted by molar-refractivity contribution is 7.89. The van der Waals surface area contributed by atoms with Crippen LogP contribution >= 0.6 is 0 Å². The Morgan fingerprint density at radius 3 is 2.38 bits per heavy atom. The van der Waals surface area contributed by atoms with Crippen LogP contribution in [0.5, 0.6) is 5.75 Å². The summed E-state index contributed by atoms with van der Waals surface area (Å²) in [6.45, 7) is 3.94. The van der Waals surface area contributed by atoms with Crippen LogP contribution in [0.15, 0.2) is 41.1 Å². The van der Waals surface area contributed by atoms with Gasteiger partial charge in [-0.25, -0.2) is 21.9 Å². The lowest BCUT2D eigenvalue weighted by atomic mass is 10.2. The molecule has 9 heteroatoms. The lowest BCUT2D eigenvalue weighted by Crippen LogP contribution is -2.28. The molecule has 7 nitrogen and oxygen atoms in total. The topological polar surface area (TPSA) is 84.9 Å². The van der Waals surface area contributed by atoms with Gasteiger partial charge < -0.3 is 14.8 Å². The van der Waals surface area contributed by atoms with Crippen molar-refractivity contribution in [1.29, 1.82) is 0 Å². The number of sulfonamides is 1. The standard InChI is InChI=1S/C17H25FN2O5S/c1-13(2)11-25-17(21)19-10-14(9-18)12-24-15-5-7-16(8-6-15)26(22,23)20(3)4/h5-9,13H,10-12H2,1-4H3,(H,19,21). The molecule has 0 saturated carbocycles. The fourth-order valence-electron chi connectivity index (χ4n) is 1.69. The predicted octanol–water partition coefficient (Wildman–Crippen LogP) is 2.55. The van der Waals surface area contributed by atoms with Gasteiger partial charge in [0.25, 0.3) is 0 Å². The summed E-state index contributed by atoms with van der Waals surface area (Å²) >= 11 is 0. The molecule has 1 aromatic carbocycles. The number of ether oxygens (including phenoxy) is 2. The van der Waals surface area contributed by atoms with E-state index in [0.29, 0.717) is 12.1 Å². The normalized spacial score (nSPS) is 12.3. The summed E-state index contributed by atoms with van der Waals surface area (Å²) in [6, 6.07) is 5.78. The third kappa shape index (κ3) is 7.01. The number of carbonyl (C=O) groups excluding carboxylic acids is 1. The minimum absolute atomic E-state index is 0.0550. The molecule has 1 N–H and O–H groups in total. The monoisotopic (exact) mass is 388 g/mol. The Bertz CT molecular complexity index is 715. The predicted molar refractivity (Wildman–Crippen MR) is 96.2 cm³/mol. The largest absolute Gasteiger partial charge is 0.489 e. The first-order valence-corrected chi connectivity index (χ1v) is 9.45. The highest BCUT2D eigenvalue weighted by Gasteiger charge is 2.16. The van der Waals surface area contributed by atoms with Gasteiger partial charge in [0.05, 0.1) is 17.8 Å². The van der Waals surface area contributed by atoms with Gasteiger partial charge in [-0.3, -0.25) is 0 Å². The van der Waals surface area contributed by atoms with Crippen molar-refractivity contribution in [2.75, 3.05) is 33.9 Å². The van der Waals surface area contributed by atoms with Gasteiger partial charge >= 0.3 is 6.09 Å². The number of nitrogens with one attached hydrogen (secondary N) is 1. The van der Waals surface area contributed by atoms with Gasteiger partial charge in [0, 0.05) is 26.2 Å². The van der Waals surface area contributed by atoms with E-state index in [9.17, 15) is 17.6 Å². The maximum atomic E-state index is 12.9. The zero-order valence-electron chi connectivity index (χ0n) is 15.4. The number of rotatable bonds is 9. The first-order valence-electron chi connectivity index (χ1n) is 8.01. The van der Waals surface area contributed by atoms with E-state index in [1.54, 1.807) is 0 Å². The zero-order chi connectivity index (χ0) is 19.7. The highest BCUT2D eigenvalue weighted by atomic mass is 32.2. The van der Waals surface area contributed by atoms with E-state index in [-0.39, 0.29) is 36.1 Å². The van der Waals surface area contributed by atoms with Crippen molar-refractivity contribution in [3.8, 4) is 5.75 Å². The van der Waals surface area contributed by atoms with Gasteiger partial charge in [-0.2, -0.15) is 0 Å². The molecule has 0 atom stereocenters. The van der Waals surface area contributed by atoms with Crippen LogP contribution in [0.4, 0.5) is 9.18 Å². The van der Waals surface area contributed by atoms with Crippen molar-refractivity contribution >= 4 is 16.1 Å². The molecule has 0 aliphatic heterocycles. The second kappa shape index (κ2) is 10.1. The summed E-state index contributed by atoms with van der Waals surface area (Å²) in [7, 11) is -0.631. The minimum atomic E-state index is -3.51. The number of benzene rings is 1. The molecule has 0 spiro atoms. The Labute approximate surface area is 153 Å². The number of nitrogens with zero attached hydrogens (tertiary/aromatic N) is 1. The van der Waals surface area contributed by atoms with Crippen molar-refractivity contribution < 1.29 is 27.1 Å². The molecule has 0 bridgehead atoms. The number of hydrogen-bond donors (Lipinski definition) is 1. The summed E-state index contributed by atoms with van der Waals surface area (Å²) in [5.74, 6) is 0.587. The molecular formula is C17H25FN2O5S. The van der Waals surface area contributed by atoms with Crippen LogP contribution in [0.25, 0.3) is 0 Å². The third-order valence-electron chi connectivity index (χ3n) is 3.19. The van der Waals surface area contributed by atoms with E-state index in [1.165, 1.54) is 38.4 Å². The van der Waals surface area contributed by atoms with Crippen LogP contribution in [0, 0.1) is 5.92 Å². The van der Waals surface area contributed by atoms with Gasteiger partial charge in [-0.15, -0.1) is 0 Å². The van der Waals surface area contributed by atoms with Gasteiger partial charge in [0.1, 0.15) is 12.4 Å². The summed E-state index contributed by atoms with van der Waals surface area (Å²) in [6.07, 6.45) is -0.274. The van der Waals surface area contributed by atoms with Crippen LogP contribution in [-0.2, 0) is 14.8 Å². The van der Waals surface area contributed by atoms with Crippen LogP contribution in [-0.4, -0.2) is 52.7 Å². The maximum Gasteiger partial charge on any atom is 0.407 e. The number of carbonyl (C=O) groups is 1. The maximum absolute atomic E-state index is 12.9. The smallest absolute Gasteiger partial charge is 0.407 e. The van der Waals surface area contributed by atoms with Crippen molar-refractivity contribution in [3.05, 3.63) is 36.2 Å². The van der Waals surface area contributed by atoms with Gasteiger partial charge in [-0.05, 0) is 30.2 Å². The highest BCUT2D eigenvalue weighted by Crippen LogP contribution is 2.18. The van der Waals surface area contributed by atoms with E-state index in [4.69, 9.17) is 9.47 Å². The molecular weight excluding hydrogens is 363 g/mol. The molecule has 0 aromatic heterocycles. The number of halogens is 1. The molecule has 1 aromatic rings. The zero-order valence-corrected chi connectivity index (χ0v) is 16.2. The van der Waals surface area contributed by atoms with E-state index >= 15 is 0 Å². The minimum Gasteiger partial charge on any atom is -0.489 e. The first kappa shape index (κ1) is 21.9. The second-order valence-corrected chi connectivity index (χ2v) is 8.31. The van der Waals surface area contributed by atoms with Gasteiger partial charge in [0.15, 0.2) is 0 Å². The van der Waals surface area contributed by atoms with Gasteiger partial charge in [0.2, 0.25) is 10.0 Å². The van der Waals surface area contributed by atoms with E-state index < -0.39 is 16.1 Å². The fraction of sp³-hybridized carbons (Fsp3) is 0.471. The van der Waals surface area contributed by atoms with Crippen LogP contribution in [0.3, 0.4) is 0 Å². The third-order valence-corrected chi connectivity index (χ3v) is 5.02. The molecule has 0 aliphatic carbocycles. The molecule has 0 fully saturated rings. The van der Waals surface area contributed by atoms with Crippen molar-refractivity contribution in [2.24, 2.45) is 5.92 Å².